The summed E-state index contributed by atoms with van der Waals surface area (Å²) in [6, 6.07) is 78.3. The smallest absolute Gasteiger partial charge is 0.0677 e. The SMILES string of the molecule is CC(C)[Si](CCCCCC[Si](C)(C1c2ccccc2-c2ccccc21)C1c2ccccc2-c2ccccc21)(C1c2ccccc2-c2ccccc21)C1c2ccccc2-c2ccccc21. The minimum Gasteiger partial charge on any atom is -0.0677 e. The zero-order chi connectivity index (χ0) is 43.0. The zero-order valence-corrected chi connectivity index (χ0v) is 39.6. The fraction of sp³-hybridized carbons (Fsp3) is 0.226. The van der Waals surface area contributed by atoms with Gasteiger partial charge >= 0.3 is 0 Å². The number of unbranched alkanes of at least 4 members (excludes halogenated alkanes) is 3. The van der Waals surface area contributed by atoms with Gasteiger partial charge in [-0.15, -0.1) is 0 Å². The zero-order valence-electron chi connectivity index (χ0n) is 37.6. The van der Waals surface area contributed by atoms with Gasteiger partial charge in [0.05, 0.1) is 16.1 Å². The summed E-state index contributed by atoms with van der Waals surface area (Å²) in [7, 11) is -4.50. The van der Waals surface area contributed by atoms with Crippen LogP contribution < -0.4 is 0 Å². The predicted octanol–water partition coefficient (Wildman–Crippen LogP) is 16.9. The molecule has 4 aliphatic rings. The molecule has 0 saturated carbocycles. The Bertz CT molecular complexity index is 2690. The molecule has 0 saturated heterocycles. The molecule has 0 aliphatic heterocycles. The maximum atomic E-state index is 2.81. The Balaban J connectivity index is 0.908. The van der Waals surface area contributed by atoms with Crippen LogP contribution in [0.5, 0.6) is 0 Å². The van der Waals surface area contributed by atoms with Crippen molar-refractivity contribution in [2.75, 3.05) is 0 Å². The minimum atomic E-state index is -2.30. The van der Waals surface area contributed by atoms with Crippen molar-refractivity contribution >= 4 is 16.1 Å². The lowest BCUT2D eigenvalue weighted by atomic mass is 10.1. The van der Waals surface area contributed by atoms with Crippen molar-refractivity contribution in [2.45, 2.75) is 85.9 Å². The van der Waals surface area contributed by atoms with Gasteiger partial charge in [-0.3, -0.25) is 0 Å². The molecule has 0 spiro atoms. The highest BCUT2D eigenvalue weighted by Gasteiger charge is 2.56. The van der Waals surface area contributed by atoms with Crippen LogP contribution in [0.25, 0.3) is 44.5 Å². The molecule has 0 unspecified atom stereocenters. The normalized spacial score (nSPS) is 15.1. The fourth-order valence-corrected chi connectivity index (χ4v) is 27.1. The molecule has 0 aromatic heterocycles. The molecule has 0 bridgehead atoms. The van der Waals surface area contributed by atoms with E-state index < -0.39 is 16.1 Å². The van der Waals surface area contributed by atoms with Crippen LogP contribution >= 0.6 is 0 Å². The van der Waals surface area contributed by atoms with Gasteiger partial charge in [0.2, 0.25) is 0 Å². The summed E-state index contributed by atoms with van der Waals surface area (Å²) >= 11 is 0. The molecule has 2 heteroatoms. The molecule has 64 heavy (non-hydrogen) atoms. The molecule has 0 heterocycles. The maximum Gasteiger partial charge on any atom is 0.0815 e. The summed E-state index contributed by atoms with van der Waals surface area (Å²) in [5.41, 5.74) is 26.7. The van der Waals surface area contributed by atoms with Gasteiger partial charge in [-0.2, -0.15) is 0 Å². The number of benzene rings is 8. The molecule has 0 amide bonds. The second-order valence-electron chi connectivity index (χ2n) is 20.1. The number of hydrogen-bond acceptors (Lipinski definition) is 0. The van der Waals surface area contributed by atoms with Crippen molar-refractivity contribution in [1.82, 2.24) is 0 Å². The molecular formula is C62H58Si2. The Morgan fingerprint density at radius 1 is 0.297 bits per heavy atom. The first-order valence-corrected chi connectivity index (χ1v) is 29.5. The van der Waals surface area contributed by atoms with E-state index in [1.807, 2.05) is 0 Å². The van der Waals surface area contributed by atoms with Gasteiger partial charge < -0.3 is 0 Å². The summed E-state index contributed by atoms with van der Waals surface area (Å²) in [5.74, 6) is 0. The Morgan fingerprint density at radius 3 is 0.766 bits per heavy atom. The van der Waals surface area contributed by atoms with Crippen molar-refractivity contribution in [3.8, 4) is 44.5 Å². The lowest BCUT2D eigenvalue weighted by Crippen LogP contribution is -2.50. The maximum absolute atomic E-state index is 2.81. The lowest BCUT2D eigenvalue weighted by Gasteiger charge is -2.47. The predicted molar refractivity (Wildman–Crippen MR) is 275 cm³/mol. The standard InChI is InChI=1S/C62H58Si2/c1-42(2)64(61-55-36-18-10-28-47(55)48-29-11-19-37-56(48)61,62-57-38-20-12-30-49(57)50-31-13-21-39-58(50)62)41-23-5-4-22-40-63(3,59-51-32-14-6-24-43(51)44-25-7-15-33-52(44)59)60-53-34-16-8-26-45(53)46-27-9-17-35-54(46)60/h6-21,24-39,42,59-62H,4-5,22-23,40-41H2,1-3H3. The lowest BCUT2D eigenvalue weighted by molar-refractivity contribution is 0.674. The Kier molecular flexibility index (Phi) is 9.76. The largest absolute Gasteiger partial charge is 0.0815 e. The third-order valence-electron chi connectivity index (χ3n) is 16.9. The van der Waals surface area contributed by atoms with Gasteiger partial charge in [0.15, 0.2) is 0 Å². The van der Waals surface area contributed by atoms with E-state index in [1.165, 1.54) is 82.3 Å². The van der Waals surface area contributed by atoms with Crippen molar-refractivity contribution < 1.29 is 0 Å². The molecule has 314 valence electrons. The summed E-state index contributed by atoms with van der Waals surface area (Å²) in [6.45, 7) is 8.04. The molecular weight excluding hydrogens is 801 g/mol. The molecule has 8 aromatic rings. The average Bonchev–Trinajstić information content (AvgIpc) is 4.08. The van der Waals surface area contributed by atoms with Crippen LogP contribution in [0, 0.1) is 0 Å². The molecule has 0 atom stereocenters. The van der Waals surface area contributed by atoms with Crippen molar-refractivity contribution in [3.63, 3.8) is 0 Å². The molecule has 0 radical (unpaired) electrons. The van der Waals surface area contributed by atoms with E-state index in [9.17, 15) is 0 Å². The van der Waals surface area contributed by atoms with Gasteiger partial charge in [-0.25, -0.2) is 0 Å². The Hall–Kier alpha value is -5.81. The highest BCUT2D eigenvalue weighted by molar-refractivity contribution is 6.85. The van der Waals surface area contributed by atoms with E-state index in [0.29, 0.717) is 27.7 Å². The summed E-state index contributed by atoms with van der Waals surface area (Å²) < 4.78 is 0. The Morgan fingerprint density at radius 2 is 0.516 bits per heavy atom. The van der Waals surface area contributed by atoms with Crippen LogP contribution in [0.3, 0.4) is 0 Å². The molecule has 12 rings (SSSR count). The average molecular weight is 859 g/mol. The summed E-state index contributed by atoms with van der Waals surface area (Å²) in [5, 5.41) is 0. The van der Waals surface area contributed by atoms with Crippen LogP contribution in [0.2, 0.25) is 24.2 Å². The molecule has 4 aliphatic carbocycles. The van der Waals surface area contributed by atoms with Gasteiger partial charge in [0.1, 0.15) is 0 Å². The van der Waals surface area contributed by atoms with E-state index in [4.69, 9.17) is 0 Å². The number of rotatable bonds is 12. The highest BCUT2D eigenvalue weighted by atomic mass is 28.3. The molecule has 8 aromatic carbocycles. The third kappa shape index (κ3) is 5.84. The first-order valence-electron chi connectivity index (χ1n) is 24.2. The van der Waals surface area contributed by atoms with Crippen molar-refractivity contribution in [3.05, 3.63) is 239 Å². The van der Waals surface area contributed by atoms with Crippen molar-refractivity contribution in [1.29, 1.82) is 0 Å². The second kappa shape index (κ2) is 15.7. The van der Waals surface area contributed by atoms with Gasteiger partial charge in [-0.05, 0) is 94.6 Å². The number of fused-ring (bicyclic) bond motifs is 12. The highest BCUT2D eigenvalue weighted by Crippen LogP contribution is 2.63. The molecule has 0 fully saturated rings. The first kappa shape index (κ1) is 39.8. The van der Waals surface area contributed by atoms with Crippen LogP contribution in [-0.2, 0) is 0 Å². The fourth-order valence-electron chi connectivity index (χ4n) is 14.4. The van der Waals surface area contributed by atoms with Crippen molar-refractivity contribution in [2.24, 2.45) is 0 Å². The first-order chi connectivity index (χ1) is 31.5. The molecule has 0 nitrogen and oxygen atoms in total. The van der Waals surface area contributed by atoms with Crippen LogP contribution in [-0.4, -0.2) is 16.1 Å². The second-order valence-corrected chi connectivity index (χ2v) is 29.8. The molecule has 0 N–H and O–H groups in total. The quantitative estimate of drug-likeness (QED) is 0.0848. The van der Waals surface area contributed by atoms with Gasteiger partial charge in [0, 0.05) is 22.2 Å². The van der Waals surface area contributed by atoms with E-state index in [0.717, 1.165) is 0 Å². The summed E-state index contributed by atoms with van der Waals surface area (Å²) in [6.07, 6.45) is 5.14. The Labute approximate surface area is 383 Å². The van der Waals surface area contributed by atoms with Crippen LogP contribution in [0.1, 0.15) is 106 Å². The van der Waals surface area contributed by atoms with E-state index >= 15 is 0 Å². The van der Waals surface area contributed by atoms with E-state index in [-0.39, 0.29) is 0 Å². The van der Waals surface area contributed by atoms with E-state index in [1.54, 1.807) is 44.5 Å². The minimum absolute atomic E-state index is 0.449. The van der Waals surface area contributed by atoms with E-state index in [2.05, 4.69) is 215 Å². The summed E-state index contributed by atoms with van der Waals surface area (Å²) in [4.78, 5) is 0. The number of hydrogen-bond donors (Lipinski definition) is 0. The third-order valence-corrected chi connectivity index (χ3v) is 29.0. The topological polar surface area (TPSA) is 0 Å². The van der Waals surface area contributed by atoms with Gasteiger partial charge in [0.25, 0.3) is 0 Å². The monoisotopic (exact) mass is 858 g/mol. The van der Waals surface area contributed by atoms with Crippen LogP contribution in [0.15, 0.2) is 194 Å². The van der Waals surface area contributed by atoms with Gasteiger partial charge in [-0.1, -0.05) is 252 Å². The van der Waals surface area contributed by atoms with Crippen LogP contribution in [0.4, 0.5) is 0 Å².